The van der Waals surface area contributed by atoms with Gasteiger partial charge in [0.2, 0.25) is 0 Å². The Hall–Kier alpha value is -1.03. The van der Waals surface area contributed by atoms with E-state index in [0.717, 1.165) is 36.9 Å². The van der Waals surface area contributed by atoms with Crippen molar-refractivity contribution in [3.63, 3.8) is 0 Å². The van der Waals surface area contributed by atoms with Crippen molar-refractivity contribution in [2.24, 2.45) is 5.10 Å². The van der Waals surface area contributed by atoms with Crippen molar-refractivity contribution >= 4 is 21.8 Å². The molecule has 0 unspecified atom stereocenters. The fraction of sp³-hybridized carbons (Fsp3) is 0.462. The molecule has 0 radical (unpaired) electrons. The molecule has 0 saturated carbocycles. The monoisotopic (exact) mass is 295 g/mol. The molecule has 1 aliphatic rings. The first kappa shape index (κ1) is 12.4. The molecule has 0 amide bonds. The molecule has 1 aliphatic heterocycles. The summed E-state index contributed by atoms with van der Waals surface area (Å²) < 4.78 is 1.14. The van der Waals surface area contributed by atoms with Crippen molar-refractivity contribution in [2.75, 3.05) is 13.2 Å². The van der Waals surface area contributed by atoms with E-state index in [9.17, 15) is 0 Å². The number of amidine groups is 1. The summed E-state index contributed by atoms with van der Waals surface area (Å²) in [5, 5.41) is 4.32. The number of halogens is 1. The molecule has 1 aromatic carbocycles. The highest BCUT2D eigenvalue weighted by atomic mass is 79.9. The van der Waals surface area contributed by atoms with Gasteiger partial charge in [-0.25, -0.2) is 0 Å². The van der Waals surface area contributed by atoms with Crippen LogP contribution in [0.3, 0.4) is 0 Å². The first-order valence-electron chi connectivity index (χ1n) is 6.08. The number of hydrogen-bond acceptors (Lipinski definition) is 3. The lowest BCUT2D eigenvalue weighted by Crippen LogP contribution is -2.28. The van der Waals surface area contributed by atoms with Gasteiger partial charge in [0.1, 0.15) is 12.5 Å². The molecule has 17 heavy (non-hydrogen) atoms. The summed E-state index contributed by atoms with van der Waals surface area (Å²) in [6.07, 6.45) is 3.32. The Morgan fingerprint density at radius 1 is 1.29 bits per heavy atom. The van der Waals surface area contributed by atoms with E-state index in [1.165, 1.54) is 11.4 Å². The highest BCUT2D eigenvalue weighted by Crippen LogP contribution is 2.13. The van der Waals surface area contributed by atoms with Crippen LogP contribution in [0, 0.1) is 0 Å². The minimum absolute atomic E-state index is 0.865. The molecule has 0 spiro atoms. The Balaban J connectivity index is 1.78. The molecule has 92 valence electrons. The SMILES string of the molecule is CCN1CNN=C1CCCc1ccc(Br)cc1. The summed E-state index contributed by atoms with van der Waals surface area (Å²) in [5.74, 6) is 1.20. The van der Waals surface area contributed by atoms with Crippen molar-refractivity contribution in [2.45, 2.75) is 26.2 Å². The summed E-state index contributed by atoms with van der Waals surface area (Å²) in [6, 6.07) is 8.55. The molecule has 0 aliphatic carbocycles. The summed E-state index contributed by atoms with van der Waals surface area (Å²) in [4.78, 5) is 2.28. The quantitative estimate of drug-likeness (QED) is 0.904. The zero-order valence-corrected chi connectivity index (χ0v) is 11.7. The predicted molar refractivity (Wildman–Crippen MR) is 74.9 cm³/mol. The zero-order valence-electron chi connectivity index (χ0n) is 10.1. The molecule has 2 rings (SSSR count). The number of benzene rings is 1. The third kappa shape index (κ3) is 3.46. The second-order valence-corrected chi connectivity index (χ2v) is 5.10. The molecule has 0 aromatic heterocycles. The maximum Gasteiger partial charge on any atom is 0.126 e. The molecule has 0 atom stereocenters. The maximum absolute atomic E-state index is 4.32. The van der Waals surface area contributed by atoms with Gasteiger partial charge in [-0.1, -0.05) is 28.1 Å². The van der Waals surface area contributed by atoms with Crippen LogP contribution in [0.25, 0.3) is 0 Å². The van der Waals surface area contributed by atoms with E-state index in [1.54, 1.807) is 0 Å². The smallest absolute Gasteiger partial charge is 0.126 e. The minimum atomic E-state index is 0.865. The lowest BCUT2D eigenvalue weighted by molar-refractivity contribution is 0.439. The van der Waals surface area contributed by atoms with Gasteiger partial charge in [-0.3, -0.25) is 5.43 Å². The number of nitrogens with one attached hydrogen (secondary N) is 1. The summed E-state index contributed by atoms with van der Waals surface area (Å²) >= 11 is 3.45. The lowest BCUT2D eigenvalue weighted by atomic mass is 10.1. The van der Waals surface area contributed by atoms with E-state index in [4.69, 9.17) is 0 Å². The van der Waals surface area contributed by atoms with Crippen LogP contribution in [0.2, 0.25) is 0 Å². The third-order valence-corrected chi connectivity index (χ3v) is 3.52. The predicted octanol–water partition coefficient (Wildman–Crippen LogP) is 2.97. The van der Waals surface area contributed by atoms with Crippen LogP contribution < -0.4 is 5.43 Å². The van der Waals surface area contributed by atoms with Gasteiger partial charge in [0.15, 0.2) is 0 Å². The molecule has 1 aromatic rings. The Morgan fingerprint density at radius 3 is 2.76 bits per heavy atom. The van der Waals surface area contributed by atoms with Crippen LogP contribution in [-0.2, 0) is 6.42 Å². The van der Waals surface area contributed by atoms with E-state index in [-0.39, 0.29) is 0 Å². The van der Waals surface area contributed by atoms with Gasteiger partial charge in [0, 0.05) is 17.4 Å². The largest absolute Gasteiger partial charge is 0.340 e. The van der Waals surface area contributed by atoms with Crippen LogP contribution in [0.1, 0.15) is 25.3 Å². The number of hydrazone groups is 1. The van der Waals surface area contributed by atoms with Crippen molar-refractivity contribution in [3.8, 4) is 0 Å². The second-order valence-electron chi connectivity index (χ2n) is 4.18. The van der Waals surface area contributed by atoms with E-state index < -0.39 is 0 Å². The van der Waals surface area contributed by atoms with Gasteiger partial charge in [0.25, 0.3) is 0 Å². The average Bonchev–Trinajstić information content (AvgIpc) is 2.79. The van der Waals surface area contributed by atoms with E-state index >= 15 is 0 Å². The molecule has 3 nitrogen and oxygen atoms in total. The van der Waals surface area contributed by atoms with Gasteiger partial charge >= 0.3 is 0 Å². The fourth-order valence-electron chi connectivity index (χ4n) is 1.98. The Kier molecular flexibility index (Phi) is 4.42. The van der Waals surface area contributed by atoms with Crippen molar-refractivity contribution < 1.29 is 0 Å². The van der Waals surface area contributed by atoms with Crippen molar-refractivity contribution in [1.29, 1.82) is 0 Å². The van der Waals surface area contributed by atoms with Crippen LogP contribution in [0.5, 0.6) is 0 Å². The normalized spacial score (nSPS) is 14.7. The highest BCUT2D eigenvalue weighted by molar-refractivity contribution is 9.10. The fourth-order valence-corrected chi connectivity index (χ4v) is 2.25. The molecule has 1 heterocycles. The zero-order chi connectivity index (χ0) is 12.1. The number of hydrogen-bond donors (Lipinski definition) is 1. The van der Waals surface area contributed by atoms with Gasteiger partial charge in [-0.05, 0) is 37.5 Å². The summed E-state index contributed by atoms with van der Waals surface area (Å²) in [5.41, 5.74) is 4.43. The van der Waals surface area contributed by atoms with Crippen molar-refractivity contribution in [1.82, 2.24) is 10.3 Å². The number of nitrogens with zero attached hydrogens (tertiary/aromatic N) is 2. The molecule has 0 fully saturated rings. The first-order valence-corrected chi connectivity index (χ1v) is 6.87. The first-order chi connectivity index (χ1) is 8.29. The van der Waals surface area contributed by atoms with Crippen LogP contribution in [0.15, 0.2) is 33.8 Å². The number of aryl methyl sites for hydroxylation is 1. The van der Waals surface area contributed by atoms with Gasteiger partial charge in [-0.2, -0.15) is 5.10 Å². The van der Waals surface area contributed by atoms with Crippen LogP contribution >= 0.6 is 15.9 Å². The average molecular weight is 296 g/mol. The molecule has 0 bridgehead atoms. The minimum Gasteiger partial charge on any atom is -0.340 e. The standard InChI is InChI=1S/C13H18BrN3/c1-2-17-10-15-16-13(17)5-3-4-11-6-8-12(14)9-7-11/h6-9,15H,2-5,10H2,1H3. The lowest BCUT2D eigenvalue weighted by Gasteiger charge is -2.16. The molecular weight excluding hydrogens is 278 g/mol. The highest BCUT2D eigenvalue weighted by Gasteiger charge is 2.13. The van der Waals surface area contributed by atoms with Crippen LogP contribution in [0.4, 0.5) is 0 Å². The van der Waals surface area contributed by atoms with Crippen LogP contribution in [-0.4, -0.2) is 23.9 Å². The van der Waals surface area contributed by atoms with Gasteiger partial charge < -0.3 is 4.90 Å². The molecular formula is C13H18BrN3. The molecule has 0 saturated heterocycles. The van der Waals surface area contributed by atoms with Gasteiger partial charge in [-0.15, -0.1) is 0 Å². The molecule has 4 heteroatoms. The molecule has 1 N–H and O–H groups in total. The van der Waals surface area contributed by atoms with Gasteiger partial charge in [0.05, 0.1) is 0 Å². The third-order valence-electron chi connectivity index (χ3n) is 3.00. The van der Waals surface area contributed by atoms with Crippen molar-refractivity contribution in [3.05, 3.63) is 34.3 Å². The van der Waals surface area contributed by atoms with E-state index in [2.05, 4.69) is 62.5 Å². The Labute approximate surface area is 111 Å². The second kappa shape index (κ2) is 6.05. The van der Waals surface area contributed by atoms with E-state index in [1.807, 2.05) is 0 Å². The summed E-state index contributed by atoms with van der Waals surface area (Å²) in [6.45, 7) is 4.06. The topological polar surface area (TPSA) is 27.6 Å². The number of rotatable bonds is 5. The van der Waals surface area contributed by atoms with E-state index in [0.29, 0.717) is 0 Å². The Morgan fingerprint density at radius 2 is 2.06 bits per heavy atom. The maximum atomic E-state index is 4.32. The Bertz CT molecular complexity index is 386. The summed E-state index contributed by atoms with van der Waals surface area (Å²) in [7, 11) is 0.